The van der Waals surface area contributed by atoms with Crippen LogP contribution in [0.3, 0.4) is 0 Å². The van der Waals surface area contributed by atoms with Gasteiger partial charge in [-0.1, -0.05) is 6.07 Å². The highest BCUT2D eigenvalue weighted by Gasteiger charge is 2.20. The van der Waals surface area contributed by atoms with Gasteiger partial charge in [0, 0.05) is 43.0 Å². The molecule has 0 amide bonds. The van der Waals surface area contributed by atoms with Crippen molar-refractivity contribution in [1.29, 1.82) is 0 Å². The number of aryl methyl sites for hydroxylation is 2. The molecule has 1 aromatic carbocycles. The molecule has 2 heterocycles. The summed E-state index contributed by atoms with van der Waals surface area (Å²) in [7, 11) is 2.11. The van der Waals surface area contributed by atoms with Crippen LogP contribution in [0.2, 0.25) is 0 Å². The number of nitrogens with two attached hydrogens (primary N) is 1. The molecule has 0 atom stereocenters. The van der Waals surface area contributed by atoms with Gasteiger partial charge in [0.1, 0.15) is 0 Å². The molecule has 0 bridgehead atoms. The maximum atomic E-state index is 12.8. The summed E-state index contributed by atoms with van der Waals surface area (Å²) in [6.45, 7) is 6.28. The van der Waals surface area contributed by atoms with Crippen molar-refractivity contribution in [2.75, 3.05) is 13.6 Å². The zero-order chi connectivity index (χ0) is 15.9. The van der Waals surface area contributed by atoms with Crippen molar-refractivity contribution in [3.63, 3.8) is 0 Å². The standard InChI is InChI=1S/C18H23N3O/c1-12-4-5-16(8-13(12)2)21-17-6-7-20(3)11-15(17)9-14(10-19)18(21)22/h4-5,8-9H,6-7,10-11,19H2,1-3H3. The highest BCUT2D eigenvalue weighted by molar-refractivity contribution is 5.44. The zero-order valence-electron chi connectivity index (χ0n) is 13.5. The van der Waals surface area contributed by atoms with Gasteiger partial charge in [-0.25, -0.2) is 0 Å². The molecule has 1 aliphatic heterocycles. The number of nitrogens with zero attached hydrogens (tertiary/aromatic N) is 2. The normalized spacial score (nSPS) is 14.9. The van der Waals surface area contributed by atoms with E-state index < -0.39 is 0 Å². The monoisotopic (exact) mass is 297 g/mol. The van der Waals surface area contributed by atoms with E-state index in [-0.39, 0.29) is 12.1 Å². The van der Waals surface area contributed by atoms with Crippen LogP contribution in [0.1, 0.15) is 27.9 Å². The Hall–Kier alpha value is -1.91. The number of hydrogen-bond donors (Lipinski definition) is 1. The van der Waals surface area contributed by atoms with Gasteiger partial charge in [0.05, 0.1) is 0 Å². The molecule has 0 saturated carbocycles. The molecular formula is C18H23N3O. The molecule has 2 N–H and O–H groups in total. The number of benzene rings is 1. The van der Waals surface area contributed by atoms with Crippen LogP contribution in [0.5, 0.6) is 0 Å². The topological polar surface area (TPSA) is 51.3 Å². The van der Waals surface area contributed by atoms with Crippen molar-refractivity contribution in [2.24, 2.45) is 5.73 Å². The quantitative estimate of drug-likeness (QED) is 0.921. The smallest absolute Gasteiger partial charge is 0.259 e. The van der Waals surface area contributed by atoms with Crippen molar-refractivity contribution in [3.8, 4) is 5.69 Å². The second-order valence-corrected chi connectivity index (χ2v) is 6.24. The van der Waals surface area contributed by atoms with Gasteiger partial charge in [0.2, 0.25) is 0 Å². The Kier molecular flexibility index (Phi) is 3.89. The fourth-order valence-corrected chi connectivity index (χ4v) is 3.13. The number of hydrogen-bond acceptors (Lipinski definition) is 3. The van der Waals surface area contributed by atoms with Gasteiger partial charge in [-0.2, -0.15) is 0 Å². The Labute approximate surface area is 131 Å². The lowest BCUT2D eigenvalue weighted by atomic mass is 10.0. The third-order valence-corrected chi connectivity index (χ3v) is 4.61. The number of rotatable bonds is 2. The van der Waals surface area contributed by atoms with Gasteiger partial charge in [0.25, 0.3) is 5.56 Å². The summed E-state index contributed by atoms with van der Waals surface area (Å²) < 4.78 is 1.87. The van der Waals surface area contributed by atoms with Gasteiger partial charge in [-0.15, -0.1) is 0 Å². The molecule has 1 aromatic heterocycles. The average Bonchev–Trinajstić information content (AvgIpc) is 2.50. The van der Waals surface area contributed by atoms with E-state index in [4.69, 9.17) is 5.73 Å². The fourth-order valence-electron chi connectivity index (χ4n) is 3.13. The first-order chi connectivity index (χ1) is 10.5. The molecule has 22 heavy (non-hydrogen) atoms. The lowest BCUT2D eigenvalue weighted by Gasteiger charge is -2.28. The SMILES string of the molecule is Cc1ccc(-n2c3c(cc(CN)c2=O)CN(C)CC3)cc1C. The van der Waals surface area contributed by atoms with Gasteiger partial charge < -0.3 is 10.6 Å². The lowest BCUT2D eigenvalue weighted by Crippen LogP contribution is -2.35. The molecule has 1 aliphatic rings. The summed E-state index contributed by atoms with van der Waals surface area (Å²) >= 11 is 0. The summed E-state index contributed by atoms with van der Waals surface area (Å²) in [5.41, 5.74) is 12.2. The van der Waals surface area contributed by atoms with E-state index >= 15 is 0 Å². The van der Waals surface area contributed by atoms with Crippen LogP contribution < -0.4 is 11.3 Å². The second kappa shape index (κ2) is 5.71. The third kappa shape index (κ3) is 2.49. The Bertz CT molecular complexity index is 777. The Balaban J connectivity index is 2.27. The first kappa shape index (κ1) is 15.0. The van der Waals surface area contributed by atoms with Crippen molar-refractivity contribution in [2.45, 2.75) is 33.4 Å². The largest absolute Gasteiger partial charge is 0.326 e. The van der Waals surface area contributed by atoms with E-state index in [9.17, 15) is 4.79 Å². The maximum Gasteiger partial charge on any atom is 0.259 e. The van der Waals surface area contributed by atoms with E-state index in [1.165, 1.54) is 16.7 Å². The molecule has 0 radical (unpaired) electrons. The van der Waals surface area contributed by atoms with Gasteiger partial charge >= 0.3 is 0 Å². The maximum absolute atomic E-state index is 12.8. The van der Waals surface area contributed by atoms with Crippen molar-refractivity contribution >= 4 is 0 Å². The van der Waals surface area contributed by atoms with E-state index in [0.717, 1.165) is 30.9 Å². The van der Waals surface area contributed by atoms with E-state index in [2.05, 4.69) is 37.9 Å². The highest BCUT2D eigenvalue weighted by atomic mass is 16.1. The predicted molar refractivity (Wildman–Crippen MR) is 89.4 cm³/mol. The molecule has 0 unspecified atom stereocenters. The molecule has 116 valence electrons. The molecule has 3 rings (SSSR count). The number of likely N-dealkylation sites (N-methyl/N-ethyl adjacent to an activating group) is 1. The van der Waals surface area contributed by atoms with Crippen LogP contribution in [0, 0.1) is 13.8 Å². The molecule has 4 heteroatoms. The van der Waals surface area contributed by atoms with Gasteiger partial charge in [0.15, 0.2) is 0 Å². The van der Waals surface area contributed by atoms with E-state index in [1.807, 2.05) is 16.7 Å². The molecule has 0 spiro atoms. The molecule has 0 aliphatic carbocycles. The molecule has 4 nitrogen and oxygen atoms in total. The van der Waals surface area contributed by atoms with Crippen LogP contribution in [-0.4, -0.2) is 23.1 Å². The van der Waals surface area contributed by atoms with E-state index in [0.29, 0.717) is 5.56 Å². The van der Waals surface area contributed by atoms with Gasteiger partial charge in [-0.3, -0.25) is 9.36 Å². The molecule has 0 fully saturated rings. The first-order valence-electron chi connectivity index (χ1n) is 7.74. The number of fused-ring (bicyclic) bond motifs is 1. The Morgan fingerprint density at radius 1 is 1.18 bits per heavy atom. The summed E-state index contributed by atoms with van der Waals surface area (Å²) in [6, 6.07) is 8.19. The van der Waals surface area contributed by atoms with Crippen LogP contribution in [0.25, 0.3) is 5.69 Å². The fraction of sp³-hybridized carbons (Fsp3) is 0.389. The summed E-state index contributed by atoms with van der Waals surface area (Å²) in [5.74, 6) is 0. The minimum Gasteiger partial charge on any atom is -0.326 e. The summed E-state index contributed by atoms with van der Waals surface area (Å²) in [4.78, 5) is 15.1. The predicted octanol–water partition coefficient (Wildman–Crippen LogP) is 1.90. The molecule has 2 aromatic rings. The van der Waals surface area contributed by atoms with Crippen molar-refractivity contribution < 1.29 is 0 Å². The summed E-state index contributed by atoms with van der Waals surface area (Å²) in [5, 5.41) is 0. The second-order valence-electron chi connectivity index (χ2n) is 6.24. The van der Waals surface area contributed by atoms with Gasteiger partial charge in [-0.05, 0) is 55.8 Å². The Morgan fingerprint density at radius 2 is 1.95 bits per heavy atom. The third-order valence-electron chi connectivity index (χ3n) is 4.61. The van der Waals surface area contributed by atoms with E-state index in [1.54, 1.807) is 0 Å². The van der Waals surface area contributed by atoms with Crippen molar-refractivity contribution in [3.05, 3.63) is 62.6 Å². The molecular weight excluding hydrogens is 274 g/mol. The van der Waals surface area contributed by atoms with Crippen LogP contribution in [0.15, 0.2) is 29.1 Å². The number of pyridine rings is 1. The minimum atomic E-state index is 0.0223. The van der Waals surface area contributed by atoms with Crippen LogP contribution in [-0.2, 0) is 19.5 Å². The lowest BCUT2D eigenvalue weighted by molar-refractivity contribution is 0.307. The first-order valence-corrected chi connectivity index (χ1v) is 7.74. The minimum absolute atomic E-state index is 0.0223. The van der Waals surface area contributed by atoms with Crippen molar-refractivity contribution in [1.82, 2.24) is 9.47 Å². The average molecular weight is 297 g/mol. The summed E-state index contributed by atoms with van der Waals surface area (Å²) in [6.07, 6.45) is 0.888. The highest BCUT2D eigenvalue weighted by Crippen LogP contribution is 2.22. The zero-order valence-corrected chi connectivity index (χ0v) is 13.5. The number of aromatic nitrogens is 1. The van der Waals surface area contributed by atoms with Crippen LogP contribution >= 0.6 is 0 Å². The Morgan fingerprint density at radius 3 is 2.64 bits per heavy atom. The van der Waals surface area contributed by atoms with Crippen LogP contribution in [0.4, 0.5) is 0 Å². The molecule has 0 saturated heterocycles.